The van der Waals surface area contributed by atoms with Crippen molar-refractivity contribution in [3.63, 3.8) is 0 Å². The summed E-state index contributed by atoms with van der Waals surface area (Å²) in [4.78, 5) is 8.85. The molecule has 1 aliphatic heterocycles. The normalized spacial score (nSPS) is 14.6. The van der Waals surface area contributed by atoms with Crippen molar-refractivity contribution >= 4 is 32.7 Å². The van der Waals surface area contributed by atoms with Crippen LogP contribution in [0.5, 0.6) is 5.75 Å². The quantitative estimate of drug-likeness (QED) is 0.455. The molecule has 1 aliphatic rings. The molecule has 4 nitrogen and oxygen atoms in total. The lowest BCUT2D eigenvalue weighted by molar-refractivity contribution is -0.139. The third-order valence-corrected chi connectivity index (χ3v) is 5.03. The van der Waals surface area contributed by atoms with Gasteiger partial charge in [0.25, 0.3) is 0 Å². The number of rotatable bonds is 0. The molecule has 0 spiro atoms. The molecule has 3 aromatic rings. The Labute approximate surface area is 166 Å². The minimum absolute atomic E-state index is 0.0692. The fourth-order valence-corrected chi connectivity index (χ4v) is 3.46. The van der Waals surface area contributed by atoms with Gasteiger partial charge in [0.05, 0.1) is 22.2 Å². The number of halogens is 5. The highest BCUT2D eigenvalue weighted by Gasteiger charge is 2.35. The molecule has 0 radical (unpaired) electrons. The highest BCUT2D eigenvalue weighted by atomic mass is 79.9. The van der Waals surface area contributed by atoms with Crippen molar-refractivity contribution in [2.24, 2.45) is 0 Å². The molecule has 4 rings (SSSR count). The molecule has 0 unspecified atom stereocenters. The second kappa shape index (κ2) is 7.20. The van der Waals surface area contributed by atoms with Crippen molar-refractivity contribution < 1.29 is 22.3 Å². The van der Waals surface area contributed by atoms with E-state index in [0.717, 1.165) is 6.07 Å². The molecule has 9 heteroatoms. The summed E-state index contributed by atoms with van der Waals surface area (Å²) in [5.74, 6) is 0.284. The number of anilines is 1. The number of hydrogen-bond acceptors (Lipinski definition) is 4. The molecular weight excluding hydrogens is 442 g/mol. The average Bonchev–Trinajstić information content (AvgIpc) is 2.66. The summed E-state index contributed by atoms with van der Waals surface area (Å²) >= 11 is 3.15. The van der Waals surface area contributed by atoms with Gasteiger partial charge in [0.15, 0.2) is 0 Å². The van der Waals surface area contributed by atoms with Crippen LogP contribution in [0.25, 0.3) is 10.9 Å². The van der Waals surface area contributed by atoms with E-state index in [0.29, 0.717) is 41.0 Å². The molecule has 146 valence electrons. The molecule has 1 aromatic heterocycles. The van der Waals surface area contributed by atoms with Gasteiger partial charge in [-0.3, -0.25) is 0 Å². The van der Waals surface area contributed by atoms with Crippen molar-refractivity contribution in [3.05, 3.63) is 57.6 Å². The summed E-state index contributed by atoms with van der Waals surface area (Å²) < 4.78 is 59.8. The molecular formula is C19H14BrF4N3O. The van der Waals surface area contributed by atoms with Crippen LogP contribution in [0, 0.1) is 5.82 Å². The molecule has 0 aliphatic carbocycles. The number of nitrogens with zero attached hydrogens (tertiary/aromatic N) is 2. The predicted octanol–water partition coefficient (Wildman–Crippen LogP) is 5.49. The second-order valence-corrected chi connectivity index (χ2v) is 7.22. The summed E-state index contributed by atoms with van der Waals surface area (Å²) in [6, 6.07) is 6.80. The van der Waals surface area contributed by atoms with E-state index in [9.17, 15) is 17.6 Å². The topological polar surface area (TPSA) is 47.0 Å². The van der Waals surface area contributed by atoms with Crippen molar-refractivity contribution in [3.8, 4) is 5.75 Å². The van der Waals surface area contributed by atoms with Gasteiger partial charge in [-0.05, 0) is 34.5 Å². The van der Waals surface area contributed by atoms with Crippen molar-refractivity contribution in [2.75, 3.05) is 11.9 Å². The van der Waals surface area contributed by atoms with E-state index >= 15 is 0 Å². The lowest BCUT2D eigenvalue weighted by Gasteiger charge is -2.17. The van der Waals surface area contributed by atoms with Crippen molar-refractivity contribution in [1.82, 2.24) is 9.97 Å². The number of fused-ring (bicyclic) bond motifs is 5. The molecule has 2 aromatic carbocycles. The van der Waals surface area contributed by atoms with Gasteiger partial charge in [-0.2, -0.15) is 13.2 Å². The Morgan fingerprint density at radius 2 is 1.96 bits per heavy atom. The zero-order chi connectivity index (χ0) is 19.9. The smallest absolute Gasteiger partial charge is 0.419 e. The van der Waals surface area contributed by atoms with Gasteiger partial charge in [-0.25, -0.2) is 14.4 Å². The van der Waals surface area contributed by atoms with Crippen LogP contribution in [0.15, 0.2) is 34.8 Å². The number of alkyl halides is 3. The molecule has 0 atom stereocenters. The van der Waals surface area contributed by atoms with Crippen LogP contribution >= 0.6 is 15.9 Å². The van der Waals surface area contributed by atoms with Crippen LogP contribution in [-0.4, -0.2) is 16.6 Å². The first kappa shape index (κ1) is 18.9. The number of para-hydroxylation sites is 1. The molecule has 0 saturated heterocycles. The van der Waals surface area contributed by atoms with Gasteiger partial charge < -0.3 is 10.1 Å². The van der Waals surface area contributed by atoms with E-state index in [2.05, 4.69) is 31.2 Å². The predicted molar refractivity (Wildman–Crippen MR) is 99.8 cm³/mol. The molecule has 0 fully saturated rings. The summed E-state index contributed by atoms with van der Waals surface area (Å²) in [5, 5.41) is 3.64. The minimum atomic E-state index is -4.52. The van der Waals surface area contributed by atoms with Crippen LogP contribution in [-0.2, 0) is 19.1 Å². The third-order valence-electron chi connectivity index (χ3n) is 4.42. The fourth-order valence-electron chi connectivity index (χ4n) is 3.12. The number of nitrogens with one attached hydrogen (secondary N) is 1. The summed E-state index contributed by atoms with van der Waals surface area (Å²) in [7, 11) is 0. The Hall–Kier alpha value is -2.42. The first-order chi connectivity index (χ1) is 13.3. The van der Waals surface area contributed by atoms with E-state index < -0.39 is 17.6 Å². The monoisotopic (exact) mass is 455 g/mol. The molecule has 1 N–H and O–H groups in total. The molecule has 2 bridgehead atoms. The van der Waals surface area contributed by atoms with E-state index in [-0.39, 0.29) is 23.4 Å². The third kappa shape index (κ3) is 3.63. The second-order valence-electron chi connectivity index (χ2n) is 6.37. The van der Waals surface area contributed by atoms with E-state index in [1.54, 1.807) is 12.1 Å². The summed E-state index contributed by atoms with van der Waals surface area (Å²) in [6.45, 7) is 0.158. The number of aryl methyl sites for hydroxylation is 1. The molecule has 2 heterocycles. The fraction of sp³-hybridized carbons (Fsp3) is 0.263. The van der Waals surface area contributed by atoms with Gasteiger partial charge in [-0.15, -0.1) is 0 Å². The maximum Gasteiger partial charge on any atom is 0.419 e. The first-order valence-corrected chi connectivity index (χ1v) is 9.33. The molecule has 0 amide bonds. The van der Waals surface area contributed by atoms with Crippen LogP contribution in [0.2, 0.25) is 0 Å². The summed E-state index contributed by atoms with van der Waals surface area (Å²) in [5.41, 5.74) is -0.0117. The standard InChI is InChI=1S/C19H14BrF4N3O/c20-13-7-11-15(8-14(13)21)26-16-5-2-6-28-17-10(9-25-18(11)27-16)3-1-4-12(17)19(22,23)24/h1,3-4,7-8H,2,5-6,9H2,(H,25,26,27). The number of hydrogen-bond donors (Lipinski definition) is 1. The Morgan fingerprint density at radius 3 is 2.75 bits per heavy atom. The van der Waals surface area contributed by atoms with Crippen LogP contribution in [0.3, 0.4) is 0 Å². The van der Waals surface area contributed by atoms with Crippen LogP contribution in [0.1, 0.15) is 23.4 Å². The van der Waals surface area contributed by atoms with Gasteiger partial charge in [0, 0.05) is 30.0 Å². The van der Waals surface area contributed by atoms with Crippen LogP contribution in [0.4, 0.5) is 23.4 Å². The highest BCUT2D eigenvalue weighted by molar-refractivity contribution is 9.10. The Bertz CT molecular complexity index is 1060. The van der Waals surface area contributed by atoms with Crippen molar-refractivity contribution in [2.45, 2.75) is 25.6 Å². The minimum Gasteiger partial charge on any atom is -0.493 e. The first-order valence-electron chi connectivity index (χ1n) is 8.54. The van der Waals surface area contributed by atoms with E-state index in [1.807, 2.05) is 0 Å². The maximum atomic E-state index is 13.9. The maximum absolute atomic E-state index is 13.9. The number of benzene rings is 2. The SMILES string of the molecule is Fc1cc2nc3nc(c2cc1Br)NCc1cccc(C(F)(F)F)c1OCCC3. The van der Waals surface area contributed by atoms with Gasteiger partial charge in [-0.1, -0.05) is 12.1 Å². The van der Waals surface area contributed by atoms with E-state index in [1.165, 1.54) is 12.1 Å². The zero-order valence-electron chi connectivity index (χ0n) is 14.4. The van der Waals surface area contributed by atoms with Crippen molar-refractivity contribution in [1.29, 1.82) is 0 Å². The average molecular weight is 456 g/mol. The Morgan fingerprint density at radius 1 is 1.14 bits per heavy atom. The van der Waals surface area contributed by atoms with E-state index in [4.69, 9.17) is 4.74 Å². The highest BCUT2D eigenvalue weighted by Crippen LogP contribution is 2.39. The lowest BCUT2D eigenvalue weighted by Crippen LogP contribution is -2.12. The van der Waals surface area contributed by atoms with Gasteiger partial charge >= 0.3 is 6.18 Å². The lowest BCUT2D eigenvalue weighted by atomic mass is 10.1. The molecule has 28 heavy (non-hydrogen) atoms. The number of ether oxygens (including phenoxy) is 1. The largest absolute Gasteiger partial charge is 0.493 e. The summed E-state index contributed by atoms with van der Waals surface area (Å²) in [6.07, 6.45) is -3.70. The van der Waals surface area contributed by atoms with Gasteiger partial charge in [0.2, 0.25) is 0 Å². The van der Waals surface area contributed by atoms with Crippen LogP contribution < -0.4 is 10.1 Å². The number of aromatic nitrogens is 2. The van der Waals surface area contributed by atoms with Gasteiger partial charge in [0.1, 0.15) is 23.2 Å². The Kier molecular flexibility index (Phi) is 4.86. The zero-order valence-corrected chi connectivity index (χ0v) is 16.0. The molecule has 0 saturated carbocycles. The Balaban J connectivity index is 1.81.